The number of methoxy groups -OCH3 is 1. The van der Waals surface area contributed by atoms with Crippen molar-refractivity contribution in [2.24, 2.45) is 13.0 Å². The normalized spacial score (nSPS) is 12.0. The van der Waals surface area contributed by atoms with Crippen LogP contribution in [-0.4, -0.2) is 32.5 Å². The second kappa shape index (κ2) is 8.52. The van der Waals surface area contributed by atoms with Gasteiger partial charge in [-0.25, -0.2) is 23.5 Å². The molecular formula is C18H18F5N3O2S. The maximum atomic E-state index is 13.8. The smallest absolute Gasteiger partial charge is 0.434 e. The summed E-state index contributed by atoms with van der Waals surface area (Å²) >= 11 is 5.25. The van der Waals surface area contributed by atoms with E-state index in [2.05, 4.69) is 14.7 Å². The average Bonchev–Trinajstić information content (AvgIpc) is 3.04. The fourth-order valence-electron chi connectivity index (χ4n) is 2.90. The molecule has 0 aromatic carbocycles. The highest BCUT2D eigenvalue weighted by atomic mass is 32.1. The fourth-order valence-corrected chi connectivity index (χ4v) is 3.32. The van der Waals surface area contributed by atoms with Gasteiger partial charge in [-0.15, -0.1) is 0 Å². The molecule has 0 amide bonds. The number of hydrogen-bond acceptors (Lipinski definition) is 5. The number of carbonyl (C=O) groups is 1. The van der Waals surface area contributed by atoms with Crippen LogP contribution in [0.25, 0.3) is 0 Å². The van der Waals surface area contributed by atoms with Gasteiger partial charge in [0.05, 0.1) is 17.5 Å². The molecule has 0 spiro atoms. The van der Waals surface area contributed by atoms with E-state index in [0.29, 0.717) is 0 Å². The Morgan fingerprint density at radius 1 is 1.28 bits per heavy atom. The molecular weight excluding hydrogens is 417 g/mol. The van der Waals surface area contributed by atoms with Gasteiger partial charge >= 0.3 is 12.1 Å². The predicted molar refractivity (Wildman–Crippen MR) is 98.1 cm³/mol. The lowest BCUT2D eigenvalue weighted by atomic mass is 9.89. The highest BCUT2D eigenvalue weighted by Gasteiger charge is 2.42. The number of carbonyl (C=O) groups excluding carboxylic acids is 1. The first kappa shape index (κ1) is 22.9. The zero-order chi connectivity index (χ0) is 22.1. The molecule has 0 fully saturated rings. The molecule has 0 bridgehead atoms. The number of rotatable bonds is 6. The van der Waals surface area contributed by atoms with Gasteiger partial charge in [0.25, 0.3) is 6.43 Å². The van der Waals surface area contributed by atoms with Crippen LogP contribution in [0, 0.1) is 5.92 Å². The molecule has 0 radical (unpaired) electrons. The van der Waals surface area contributed by atoms with Crippen LogP contribution in [0.5, 0.6) is 0 Å². The Hall–Kier alpha value is -2.43. The molecule has 0 N–H and O–H groups in total. The topological polar surface area (TPSA) is 57.0 Å². The summed E-state index contributed by atoms with van der Waals surface area (Å²) in [5, 5.41) is 0. The van der Waals surface area contributed by atoms with Gasteiger partial charge in [-0.2, -0.15) is 13.2 Å². The van der Waals surface area contributed by atoms with Crippen LogP contribution in [0.15, 0.2) is 12.4 Å². The van der Waals surface area contributed by atoms with Crippen molar-refractivity contribution in [2.75, 3.05) is 7.11 Å². The van der Waals surface area contributed by atoms with Crippen molar-refractivity contribution in [3.63, 3.8) is 0 Å². The molecule has 0 unspecified atom stereocenters. The van der Waals surface area contributed by atoms with Gasteiger partial charge in [0.15, 0.2) is 11.5 Å². The summed E-state index contributed by atoms with van der Waals surface area (Å²) < 4.78 is 74.6. The number of pyridine rings is 1. The average molecular weight is 435 g/mol. The highest BCUT2D eigenvalue weighted by Crippen LogP contribution is 2.38. The van der Waals surface area contributed by atoms with Crippen LogP contribution in [0.1, 0.15) is 59.0 Å². The maximum absolute atomic E-state index is 13.8. The lowest BCUT2D eigenvalue weighted by molar-refractivity contribution is -0.141. The minimum Gasteiger partial charge on any atom is -0.465 e. The summed E-state index contributed by atoms with van der Waals surface area (Å²) in [6.07, 6.45) is -5.84. The van der Waals surface area contributed by atoms with Crippen molar-refractivity contribution in [3.8, 4) is 0 Å². The lowest BCUT2D eigenvalue weighted by Gasteiger charge is -2.22. The number of halogens is 5. The summed E-state index contributed by atoms with van der Waals surface area (Å²) in [7, 11) is 2.47. The van der Waals surface area contributed by atoms with E-state index in [1.54, 1.807) is 13.8 Å². The number of aryl methyl sites for hydroxylation is 1. The Bertz CT molecular complexity index is 938. The predicted octanol–water partition coefficient (Wildman–Crippen LogP) is 4.52. The first-order chi connectivity index (χ1) is 13.4. The molecule has 0 aliphatic rings. The molecule has 0 saturated carbocycles. The first-order valence-corrected chi connectivity index (χ1v) is 8.83. The monoisotopic (exact) mass is 435 g/mol. The number of thiocarbonyl (C=S) groups is 1. The summed E-state index contributed by atoms with van der Waals surface area (Å²) in [5.74, 6) is -1.48. The molecule has 0 aliphatic heterocycles. The van der Waals surface area contributed by atoms with Crippen LogP contribution in [-0.2, 0) is 24.4 Å². The minimum absolute atomic E-state index is 0.0120. The zero-order valence-corrected chi connectivity index (χ0v) is 16.8. The molecule has 29 heavy (non-hydrogen) atoms. The molecule has 5 nitrogen and oxygen atoms in total. The number of aromatic nitrogens is 3. The molecule has 0 saturated heterocycles. The van der Waals surface area contributed by atoms with Gasteiger partial charge in [0.2, 0.25) is 0 Å². The van der Waals surface area contributed by atoms with Crippen LogP contribution < -0.4 is 0 Å². The number of ether oxygens (including phenoxy) is 1. The van der Waals surface area contributed by atoms with E-state index < -0.39 is 41.1 Å². The molecule has 158 valence electrons. The minimum atomic E-state index is -5.09. The summed E-state index contributed by atoms with van der Waals surface area (Å²) in [4.78, 5) is 19.0. The third-order valence-electron chi connectivity index (χ3n) is 4.06. The Kier molecular flexibility index (Phi) is 6.71. The van der Waals surface area contributed by atoms with Crippen molar-refractivity contribution in [1.82, 2.24) is 14.5 Å². The van der Waals surface area contributed by atoms with E-state index in [0.717, 1.165) is 7.11 Å². The van der Waals surface area contributed by atoms with E-state index in [4.69, 9.17) is 12.2 Å². The number of alkyl halides is 5. The SMILES string of the molecule is COC(=O)c1c(C(F)F)nc(C(F)(F)F)c(C(=S)c2nccn2C)c1CC(C)C. The van der Waals surface area contributed by atoms with Crippen molar-refractivity contribution in [1.29, 1.82) is 0 Å². The summed E-state index contributed by atoms with van der Waals surface area (Å²) in [6.45, 7) is 3.34. The first-order valence-electron chi connectivity index (χ1n) is 8.42. The quantitative estimate of drug-likeness (QED) is 0.289. The molecule has 2 aromatic heterocycles. The number of hydrogen-bond donors (Lipinski definition) is 0. The second-order valence-corrected chi connectivity index (χ2v) is 7.06. The van der Waals surface area contributed by atoms with Crippen molar-refractivity contribution in [3.05, 3.63) is 46.3 Å². The molecule has 0 atom stereocenters. The Morgan fingerprint density at radius 3 is 2.31 bits per heavy atom. The zero-order valence-electron chi connectivity index (χ0n) is 16.0. The van der Waals surface area contributed by atoms with E-state index in [1.165, 1.54) is 24.0 Å². The van der Waals surface area contributed by atoms with Crippen LogP contribution in [0.4, 0.5) is 22.0 Å². The van der Waals surface area contributed by atoms with Gasteiger partial charge in [0, 0.05) is 25.0 Å². The number of imidazole rings is 1. The molecule has 11 heteroatoms. The van der Waals surface area contributed by atoms with Crippen molar-refractivity contribution in [2.45, 2.75) is 32.9 Å². The van der Waals surface area contributed by atoms with Crippen LogP contribution >= 0.6 is 12.2 Å². The molecule has 2 rings (SSSR count). The van der Waals surface area contributed by atoms with Gasteiger partial charge in [-0.1, -0.05) is 26.1 Å². The fraction of sp³-hybridized carbons (Fsp3) is 0.444. The van der Waals surface area contributed by atoms with Crippen molar-refractivity contribution >= 4 is 23.1 Å². The van der Waals surface area contributed by atoms with Crippen LogP contribution in [0.2, 0.25) is 0 Å². The highest BCUT2D eigenvalue weighted by molar-refractivity contribution is 7.81. The van der Waals surface area contributed by atoms with Gasteiger partial charge < -0.3 is 9.30 Å². The maximum Gasteiger partial charge on any atom is 0.434 e. The third-order valence-corrected chi connectivity index (χ3v) is 4.44. The number of esters is 1. The van der Waals surface area contributed by atoms with Gasteiger partial charge in [-0.3, -0.25) is 0 Å². The Morgan fingerprint density at radius 2 is 1.90 bits per heavy atom. The standard InChI is InChI=1S/C18H18F5N3O2S/c1-8(2)7-9-10(17(27)28-4)12(15(19)20)25-14(18(21,22)23)11(9)13(29)16-24-5-6-26(16)3/h5-6,8,15H,7H2,1-4H3. The van der Waals surface area contributed by atoms with E-state index in [9.17, 15) is 26.7 Å². The molecule has 2 aromatic rings. The third kappa shape index (κ3) is 4.60. The lowest BCUT2D eigenvalue weighted by Crippen LogP contribution is -2.26. The van der Waals surface area contributed by atoms with Crippen molar-refractivity contribution < 1.29 is 31.5 Å². The molecule has 0 aliphatic carbocycles. The summed E-state index contributed by atoms with van der Waals surface area (Å²) in [6, 6.07) is 0. The Balaban J connectivity index is 3.02. The Labute approximate surface area is 168 Å². The van der Waals surface area contributed by atoms with Gasteiger partial charge in [0.1, 0.15) is 5.69 Å². The van der Waals surface area contributed by atoms with Crippen LogP contribution in [0.3, 0.4) is 0 Å². The van der Waals surface area contributed by atoms with Gasteiger partial charge in [-0.05, 0) is 17.9 Å². The van der Waals surface area contributed by atoms with E-state index in [-0.39, 0.29) is 28.6 Å². The number of nitrogens with zero attached hydrogens (tertiary/aromatic N) is 3. The van der Waals surface area contributed by atoms with E-state index >= 15 is 0 Å². The van der Waals surface area contributed by atoms with E-state index in [1.807, 2.05) is 0 Å². The summed E-state index contributed by atoms with van der Waals surface area (Å²) in [5.41, 5.74) is -4.45. The molecule has 2 heterocycles. The second-order valence-electron chi connectivity index (χ2n) is 6.65. The largest absolute Gasteiger partial charge is 0.465 e.